The van der Waals surface area contributed by atoms with E-state index in [4.69, 9.17) is 0 Å². The molecule has 2 aromatic carbocycles. The first kappa shape index (κ1) is 13.9. The molecule has 108 valence electrons. The highest BCUT2D eigenvalue weighted by molar-refractivity contribution is 5.90. The third kappa shape index (κ3) is 2.45. The summed E-state index contributed by atoms with van der Waals surface area (Å²) in [4.78, 5) is 4.59. The number of aryl methyl sites for hydroxylation is 1. The first-order chi connectivity index (χ1) is 10.7. The number of para-hydroxylation sites is 2. The summed E-state index contributed by atoms with van der Waals surface area (Å²) in [5.41, 5.74) is 3.26. The molecule has 0 saturated heterocycles. The van der Waals surface area contributed by atoms with E-state index >= 15 is 0 Å². The number of rotatable bonds is 3. The Morgan fingerprint density at radius 2 is 1.95 bits per heavy atom. The summed E-state index contributed by atoms with van der Waals surface area (Å²) in [6.07, 6.45) is 1.78. The third-order valence-corrected chi connectivity index (χ3v) is 3.54. The number of fused-ring (bicyclic) bond motifs is 1. The van der Waals surface area contributed by atoms with Crippen LogP contribution in [0.15, 0.2) is 48.5 Å². The van der Waals surface area contributed by atoms with Crippen molar-refractivity contribution < 1.29 is 5.11 Å². The van der Waals surface area contributed by atoms with E-state index in [2.05, 4.69) is 11.1 Å². The van der Waals surface area contributed by atoms with Gasteiger partial charge in [0, 0.05) is 6.54 Å². The van der Waals surface area contributed by atoms with Crippen LogP contribution in [0.3, 0.4) is 0 Å². The maximum atomic E-state index is 9.52. The Hall–Kier alpha value is -3.06. The predicted octanol–water partition coefficient (Wildman–Crippen LogP) is 3.83. The van der Waals surface area contributed by atoms with Crippen LogP contribution < -0.4 is 0 Å². The highest BCUT2D eigenvalue weighted by Crippen LogP contribution is 2.23. The van der Waals surface area contributed by atoms with E-state index in [0.29, 0.717) is 11.4 Å². The molecule has 1 aromatic heterocycles. The number of nitriles is 1. The van der Waals surface area contributed by atoms with Crippen molar-refractivity contribution in [1.82, 2.24) is 9.55 Å². The van der Waals surface area contributed by atoms with Gasteiger partial charge in [0.1, 0.15) is 11.8 Å². The molecule has 22 heavy (non-hydrogen) atoms. The van der Waals surface area contributed by atoms with Crippen LogP contribution in [0.1, 0.15) is 18.3 Å². The van der Waals surface area contributed by atoms with Gasteiger partial charge in [-0.1, -0.05) is 24.3 Å². The number of aromatic nitrogens is 2. The highest BCUT2D eigenvalue weighted by atomic mass is 16.3. The Bertz CT molecular complexity index is 883. The lowest BCUT2D eigenvalue weighted by atomic mass is 10.1. The van der Waals surface area contributed by atoms with Gasteiger partial charge in [-0.05, 0) is 42.8 Å². The van der Waals surface area contributed by atoms with E-state index in [1.165, 1.54) is 0 Å². The molecular formula is C18H15N3O. The average molecular weight is 289 g/mol. The van der Waals surface area contributed by atoms with Crippen LogP contribution in [0.2, 0.25) is 0 Å². The summed E-state index contributed by atoms with van der Waals surface area (Å²) in [5.74, 6) is 0.871. The van der Waals surface area contributed by atoms with Crippen molar-refractivity contribution in [3.8, 4) is 11.8 Å². The molecule has 3 rings (SSSR count). The van der Waals surface area contributed by atoms with Crippen LogP contribution in [0, 0.1) is 11.3 Å². The molecule has 1 heterocycles. The molecule has 4 nitrogen and oxygen atoms in total. The SMILES string of the molecule is CCn1c(/C(C#N)=C\c2ccc(O)cc2)nc2ccccc21. The maximum Gasteiger partial charge on any atom is 0.151 e. The topological polar surface area (TPSA) is 61.8 Å². The van der Waals surface area contributed by atoms with Gasteiger partial charge >= 0.3 is 0 Å². The smallest absolute Gasteiger partial charge is 0.151 e. The number of aromatic hydroxyl groups is 1. The van der Waals surface area contributed by atoms with E-state index in [9.17, 15) is 10.4 Å². The van der Waals surface area contributed by atoms with Crippen LogP contribution >= 0.6 is 0 Å². The standard InChI is InChI=1S/C18H15N3O/c1-2-21-17-6-4-3-5-16(17)20-18(21)14(12-19)11-13-7-9-15(22)10-8-13/h3-11,22H,2H2,1H3/b14-11-. The molecule has 3 aromatic rings. The van der Waals surface area contributed by atoms with Gasteiger partial charge in [0.25, 0.3) is 0 Å². The number of allylic oxidation sites excluding steroid dienone is 1. The van der Waals surface area contributed by atoms with Crippen molar-refractivity contribution in [3.05, 3.63) is 59.9 Å². The van der Waals surface area contributed by atoms with Crippen LogP contribution in [0.25, 0.3) is 22.7 Å². The normalized spacial score (nSPS) is 11.5. The summed E-state index contributed by atoms with van der Waals surface area (Å²) >= 11 is 0. The molecule has 0 aliphatic heterocycles. The summed E-state index contributed by atoms with van der Waals surface area (Å²) < 4.78 is 2.03. The first-order valence-electron chi connectivity index (χ1n) is 7.09. The minimum atomic E-state index is 0.205. The number of benzene rings is 2. The third-order valence-electron chi connectivity index (χ3n) is 3.54. The van der Waals surface area contributed by atoms with Gasteiger partial charge in [0.15, 0.2) is 5.82 Å². The molecule has 0 unspecified atom stereocenters. The lowest BCUT2D eigenvalue weighted by molar-refractivity contribution is 0.475. The summed E-state index contributed by atoms with van der Waals surface area (Å²) in [6, 6.07) is 16.8. The molecule has 0 saturated carbocycles. The lowest BCUT2D eigenvalue weighted by Gasteiger charge is -2.05. The summed E-state index contributed by atoms with van der Waals surface area (Å²) in [5, 5.41) is 18.9. The van der Waals surface area contributed by atoms with Gasteiger partial charge in [-0.2, -0.15) is 5.26 Å². The monoisotopic (exact) mass is 289 g/mol. The number of hydrogen-bond acceptors (Lipinski definition) is 3. The molecule has 0 fully saturated rings. The average Bonchev–Trinajstić information content (AvgIpc) is 2.92. The minimum Gasteiger partial charge on any atom is -0.508 e. The van der Waals surface area contributed by atoms with Crippen molar-refractivity contribution in [1.29, 1.82) is 5.26 Å². The fraction of sp³-hybridized carbons (Fsp3) is 0.111. The van der Waals surface area contributed by atoms with E-state index in [1.54, 1.807) is 30.3 Å². The molecule has 4 heteroatoms. The number of imidazole rings is 1. The maximum absolute atomic E-state index is 9.52. The van der Waals surface area contributed by atoms with E-state index in [-0.39, 0.29) is 5.75 Å². The molecule has 0 radical (unpaired) electrons. The predicted molar refractivity (Wildman–Crippen MR) is 87.0 cm³/mol. The van der Waals surface area contributed by atoms with Gasteiger partial charge in [-0.15, -0.1) is 0 Å². The van der Waals surface area contributed by atoms with Gasteiger partial charge in [0.05, 0.1) is 16.6 Å². The largest absolute Gasteiger partial charge is 0.508 e. The molecule has 0 spiro atoms. The second-order valence-corrected chi connectivity index (χ2v) is 4.93. The second-order valence-electron chi connectivity index (χ2n) is 4.93. The molecule has 0 atom stereocenters. The zero-order valence-corrected chi connectivity index (χ0v) is 12.2. The van der Waals surface area contributed by atoms with Crippen LogP contribution in [-0.4, -0.2) is 14.7 Å². The van der Waals surface area contributed by atoms with Gasteiger partial charge in [-0.25, -0.2) is 4.98 Å². The zero-order valence-electron chi connectivity index (χ0n) is 12.2. The summed E-state index contributed by atoms with van der Waals surface area (Å²) in [7, 11) is 0. The fourth-order valence-corrected chi connectivity index (χ4v) is 2.49. The van der Waals surface area contributed by atoms with Crippen LogP contribution in [0.5, 0.6) is 5.75 Å². The van der Waals surface area contributed by atoms with E-state index < -0.39 is 0 Å². The van der Waals surface area contributed by atoms with E-state index in [1.807, 2.05) is 35.8 Å². The Morgan fingerprint density at radius 1 is 1.23 bits per heavy atom. The number of phenolic OH excluding ortho intramolecular Hbond substituents is 1. The quantitative estimate of drug-likeness (QED) is 0.745. The highest BCUT2D eigenvalue weighted by Gasteiger charge is 2.13. The molecule has 0 aliphatic rings. The van der Waals surface area contributed by atoms with Crippen molar-refractivity contribution in [3.63, 3.8) is 0 Å². The first-order valence-corrected chi connectivity index (χ1v) is 7.09. The van der Waals surface area contributed by atoms with E-state index in [0.717, 1.165) is 23.1 Å². The second kappa shape index (κ2) is 5.74. The van der Waals surface area contributed by atoms with Gasteiger partial charge in [-0.3, -0.25) is 0 Å². The van der Waals surface area contributed by atoms with Crippen LogP contribution in [0.4, 0.5) is 0 Å². The van der Waals surface area contributed by atoms with Crippen molar-refractivity contribution >= 4 is 22.7 Å². The Labute approximate surface area is 128 Å². The number of nitrogens with zero attached hydrogens (tertiary/aromatic N) is 3. The van der Waals surface area contributed by atoms with Gasteiger partial charge in [0.2, 0.25) is 0 Å². The Balaban J connectivity index is 2.15. The van der Waals surface area contributed by atoms with Crippen LogP contribution in [-0.2, 0) is 6.54 Å². The number of phenols is 1. The fourth-order valence-electron chi connectivity index (χ4n) is 2.49. The van der Waals surface area contributed by atoms with Crippen molar-refractivity contribution in [2.45, 2.75) is 13.5 Å². The van der Waals surface area contributed by atoms with Gasteiger partial charge < -0.3 is 9.67 Å². The van der Waals surface area contributed by atoms with Crippen molar-refractivity contribution in [2.75, 3.05) is 0 Å². The molecule has 0 amide bonds. The molecule has 0 aliphatic carbocycles. The lowest BCUT2D eigenvalue weighted by Crippen LogP contribution is -2.00. The minimum absolute atomic E-state index is 0.205. The number of hydrogen-bond donors (Lipinski definition) is 1. The summed E-state index contributed by atoms with van der Waals surface area (Å²) in [6.45, 7) is 2.78. The molecular weight excluding hydrogens is 274 g/mol. The van der Waals surface area contributed by atoms with Crippen molar-refractivity contribution in [2.24, 2.45) is 0 Å². The zero-order chi connectivity index (χ0) is 15.5. The molecule has 1 N–H and O–H groups in total. The Morgan fingerprint density at radius 3 is 2.64 bits per heavy atom. The Kier molecular flexibility index (Phi) is 3.63. The molecule has 0 bridgehead atoms.